The predicted octanol–water partition coefficient (Wildman–Crippen LogP) is 5.33. The molecule has 1 aromatic rings. The average Bonchev–Trinajstić information content (AvgIpc) is 2.49. The van der Waals surface area contributed by atoms with E-state index in [1.807, 2.05) is 12.1 Å². The maximum atomic E-state index is 14.1. The molecular formula is C18H27BrFN. The van der Waals surface area contributed by atoms with Gasteiger partial charge in [0, 0.05) is 10.5 Å². The molecule has 0 radical (unpaired) electrons. The van der Waals surface area contributed by atoms with Crippen LogP contribution >= 0.6 is 15.9 Å². The summed E-state index contributed by atoms with van der Waals surface area (Å²) < 4.78 is 14.9. The summed E-state index contributed by atoms with van der Waals surface area (Å²) in [5, 5.41) is 3.61. The zero-order valence-electron chi connectivity index (χ0n) is 13.2. The minimum absolute atomic E-state index is 0.0878. The number of nitrogens with one attached hydrogen (secondary N) is 1. The van der Waals surface area contributed by atoms with Crippen molar-refractivity contribution >= 4 is 15.9 Å². The van der Waals surface area contributed by atoms with Crippen LogP contribution in [0.15, 0.2) is 22.7 Å². The largest absolute Gasteiger partial charge is 0.314 e. The number of likely N-dealkylation sites (N-methyl/N-ethyl adjacent to an activating group) is 1. The summed E-state index contributed by atoms with van der Waals surface area (Å²) in [6, 6.07) is 5.84. The van der Waals surface area contributed by atoms with Gasteiger partial charge in [-0.3, -0.25) is 0 Å². The Kier molecular flexibility index (Phi) is 6.69. The van der Waals surface area contributed by atoms with Crippen LogP contribution in [0.1, 0.15) is 51.5 Å². The van der Waals surface area contributed by atoms with E-state index in [1.165, 1.54) is 32.1 Å². The van der Waals surface area contributed by atoms with Gasteiger partial charge in [-0.1, -0.05) is 55.1 Å². The van der Waals surface area contributed by atoms with Gasteiger partial charge < -0.3 is 5.32 Å². The van der Waals surface area contributed by atoms with Crippen LogP contribution in [0.2, 0.25) is 0 Å². The molecule has 0 heterocycles. The van der Waals surface area contributed by atoms with E-state index in [1.54, 1.807) is 6.07 Å². The van der Waals surface area contributed by atoms with Crippen molar-refractivity contribution < 1.29 is 4.39 Å². The zero-order chi connectivity index (χ0) is 15.2. The first kappa shape index (κ1) is 17.0. The Morgan fingerprint density at radius 1 is 1.33 bits per heavy atom. The minimum Gasteiger partial charge on any atom is -0.314 e. The maximum absolute atomic E-state index is 14.1. The highest BCUT2D eigenvalue weighted by atomic mass is 79.9. The molecule has 3 atom stereocenters. The van der Waals surface area contributed by atoms with Gasteiger partial charge in [-0.2, -0.15) is 0 Å². The molecule has 1 saturated carbocycles. The highest BCUT2D eigenvalue weighted by Crippen LogP contribution is 2.34. The first-order chi connectivity index (χ1) is 10.1. The molecule has 118 valence electrons. The summed E-state index contributed by atoms with van der Waals surface area (Å²) in [6.07, 6.45) is 7.36. The van der Waals surface area contributed by atoms with Crippen LogP contribution in [0, 0.1) is 17.7 Å². The summed E-state index contributed by atoms with van der Waals surface area (Å²) in [4.78, 5) is 0. The molecule has 1 aliphatic rings. The standard InChI is InChI=1S/C18H27BrFN/c1-3-13-6-5-7-15(10-13)18(21-4-2)11-14-8-9-16(19)12-17(14)20/h8-9,12-13,15,18,21H,3-7,10-11H2,1-2H3. The first-order valence-electron chi connectivity index (χ1n) is 8.31. The van der Waals surface area contributed by atoms with E-state index in [0.717, 1.165) is 28.9 Å². The lowest BCUT2D eigenvalue weighted by Crippen LogP contribution is -2.40. The van der Waals surface area contributed by atoms with Crippen LogP contribution in [-0.4, -0.2) is 12.6 Å². The van der Waals surface area contributed by atoms with Crippen molar-refractivity contribution in [3.05, 3.63) is 34.1 Å². The number of rotatable bonds is 6. The van der Waals surface area contributed by atoms with E-state index in [2.05, 4.69) is 35.1 Å². The molecule has 0 spiro atoms. The molecular weight excluding hydrogens is 329 g/mol. The number of hydrogen-bond acceptors (Lipinski definition) is 1. The lowest BCUT2D eigenvalue weighted by molar-refractivity contribution is 0.208. The SMILES string of the molecule is CCNC(Cc1ccc(Br)cc1F)C1CCCC(CC)C1. The van der Waals surface area contributed by atoms with Gasteiger partial charge in [0.25, 0.3) is 0 Å². The van der Waals surface area contributed by atoms with Crippen molar-refractivity contribution in [1.82, 2.24) is 5.32 Å². The minimum atomic E-state index is -0.0878. The highest BCUT2D eigenvalue weighted by molar-refractivity contribution is 9.10. The Balaban J connectivity index is 2.07. The van der Waals surface area contributed by atoms with Gasteiger partial charge in [-0.05, 0) is 55.3 Å². The second-order valence-electron chi connectivity index (χ2n) is 6.30. The molecule has 0 aliphatic heterocycles. The third-order valence-electron chi connectivity index (χ3n) is 4.89. The van der Waals surface area contributed by atoms with Gasteiger partial charge >= 0.3 is 0 Å². The number of benzene rings is 1. The van der Waals surface area contributed by atoms with Gasteiger partial charge in [0.2, 0.25) is 0 Å². The summed E-state index contributed by atoms with van der Waals surface area (Å²) in [6.45, 7) is 5.39. The van der Waals surface area contributed by atoms with Gasteiger partial charge in [0.05, 0.1) is 0 Å². The summed E-state index contributed by atoms with van der Waals surface area (Å²) in [7, 11) is 0. The molecule has 1 fully saturated rings. The maximum Gasteiger partial charge on any atom is 0.127 e. The Labute approximate surface area is 136 Å². The number of halogens is 2. The van der Waals surface area contributed by atoms with E-state index in [-0.39, 0.29) is 5.82 Å². The Morgan fingerprint density at radius 3 is 2.81 bits per heavy atom. The number of hydrogen-bond donors (Lipinski definition) is 1. The monoisotopic (exact) mass is 355 g/mol. The van der Waals surface area contributed by atoms with Crippen LogP contribution in [0.25, 0.3) is 0 Å². The molecule has 0 aromatic heterocycles. The molecule has 3 unspecified atom stereocenters. The third-order valence-corrected chi connectivity index (χ3v) is 5.38. The van der Waals surface area contributed by atoms with E-state index in [4.69, 9.17) is 0 Å². The van der Waals surface area contributed by atoms with Crippen LogP contribution in [0.5, 0.6) is 0 Å². The quantitative estimate of drug-likeness (QED) is 0.727. The van der Waals surface area contributed by atoms with Crippen molar-refractivity contribution in [2.75, 3.05) is 6.54 Å². The second-order valence-corrected chi connectivity index (χ2v) is 7.22. The fourth-order valence-corrected chi connectivity index (χ4v) is 3.99. The Bertz CT molecular complexity index is 449. The summed E-state index contributed by atoms with van der Waals surface area (Å²) in [5.41, 5.74) is 0.836. The topological polar surface area (TPSA) is 12.0 Å². The molecule has 1 aromatic carbocycles. The van der Waals surface area contributed by atoms with Gasteiger partial charge in [0.15, 0.2) is 0 Å². The molecule has 3 heteroatoms. The Hall–Kier alpha value is -0.410. The van der Waals surface area contributed by atoms with Crippen LogP contribution < -0.4 is 5.32 Å². The fraction of sp³-hybridized carbons (Fsp3) is 0.667. The summed E-state index contributed by atoms with van der Waals surface area (Å²) in [5.74, 6) is 1.46. The molecule has 2 rings (SSSR count). The van der Waals surface area contributed by atoms with Crippen molar-refractivity contribution in [3.63, 3.8) is 0 Å². The van der Waals surface area contributed by atoms with Gasteiger partial charge in [-0.25, -0.2) is 4.39 Å². The second kappa shape index (κ2) is 8.28. The average molecular weight is 356 g/mol. The van der Waals surface area contributed by atoms with Crippen molar-refractivity contribution in [2.45, 2.75) is 58.4 Å². The van der Waals surface area contributed by atoms with E-state index >= 15 is 0 Å². The first-order valence-corrected chi connectivity index (χ1v) is 9.10. The van der Waals surface area contributed by atoms with Gasteiger partial charge in [-0.15, -0.1) is 0 Å². The Morgan fingerprint density at radius 2 is 2.14 bits per heavy atom. The van der Waals surface area contributed by atoms with Crippen molar-refractivity contribution in [2.24, 2.45) is 11.8 Å². The van der Waals surface area contributed by atoms with Crippen LogP contribution in [0.4, 0.5) is 4.39 Å². The molecule has 1 N–H and O–H groups in total. The normalized spacial score (nSPS) is 24.0. The molecule has 1 nitrogen and oxygen atoms in total. The van der Waals surface area contributed by atoms with E-state index in [9.17, 15) is 4.39 Å². The van der Waals surface area contributed by atoms with Gasteiger partial charge in [0.1, 0.15) is 5.82 Å². The molecule has 1 aliphatic carbocycles. The van der Waals surface area contributed by atoms with Crippen molar-refractivity contribution in [3.8, 4) is 0 Å². The summed E-state index contributed by atoms with van der Waals surface area (Å²) >= 11 is 3.33. The van der Waals surface area contributed by atoms with Crippen molar-refractivity contribution in [1.29, 1.82) is 0 Å². The lowest BCUT2D eigenvalue weighted by atomic mass is 9.75. The van der Waals surface area contributed by atoms with E-state index < -0.39 is 0 Å². The smallest absolute Gasteiger partial charge is 0.127 e. The molecule has 0 bridgehead atoms. The molecule has 0 saturated heterocycles. The van der Waals surface area contributed by atoms with Crippen LogP contribution in [-0.2, 0) is 6.42 Å². The third kappa shape index (κ3) is 4.79. The van der Waals surface area contributed by atoms with E-state index in [0.29, 0.717) is 12.0 Å². The lowest BCUT2D eigenvalue weighted by Gasteiger charge is -2.35. The fourth-order valence-electron chi connectivity index (χ4n) is 3.66. The highest BCUT2D eigenvalue weighted by Gasteiger charge is 2.27. The predicted molar refractivity (Wildman–Crippen MR) is 91.0 cm³/mol. The molecule has 0 amide bonds. The molecule has 21 heavy (non-hydrogen) atoms. The zero-order valence-corrected chi connectivity index (χ0v) is 14.8. The van der Waals surface area contributed by atoms with Crippen LogP contribution in [0.3, 0.4) is 0 Å².